The number of nitrogens with one attached hydrogen (secondary N) is 2. The number of unbranched alkanes of at least 4 members (excludes halogenated alkanes) is 6. The molecule has 5 aromatic carbocycles. The van der Waals surface area contributed by atoms with Crippen LogP contribution in [0.1, 0.15) is 65.2 Å². The van der Waals surface area contributed by atoms with Gasteiger partial charge >= 0.3 is 11.9 Å². The zero-order valence-corrected chi connectivity index (χ0v) is 69.0. The predicted molar refractivity (Wildman–Crippen MR) is 453 cm³/mol. The van der Waals surface area contributed by atoms with Gasteiger partial charge in [-0.2, -0.15) is 101 Å². The number of aromatic amines is 2. The Morgan fingerprint density at radius 3 is 0.970 bits per heavy atom. The van der Waals surface area contributed by atoms with Crippen LogP contribution in [-0.2, 0) is 28.5 Å². The Labute approximate surface area is 671 Å². The standard InChI is InChI=1S/C7H16.C6H10O4S2.C6H14O2S2.3C6H6O2.C6H6O.C6H6S.C5H12O2.C3H8O2S.C2H2N2S3.C2H6O2S2.C2H6OS.C2H6S2/c1-3-5-7-6-4-2;7-5(3-11)9-1-2-10-6(8)4-12;9-5-3-7-1-2-8-4-6-10;7-5-1-2-6(8)4-3-5;7-5-2-1-3-6(8)4-5;7-5-3-1-2-4-6(5)8;2*7-6-4-2-1-3-5-6;6-4-2-1-3-5-7;4-1-3(5)2-6;5-1-3-4-2(6)7-1;3-1(5)2(4)6;2*3-1-2-4/h3-7H2,1-2H3;11-12H,1-4H2;9-10H,1-6H2;3*1-4,7-8H;2*1-5,7H;6-7H,1-5H2;3-6H,1-2H2;(H,3,5)(H,4,6);1-6H;2*3-4H,1-2H2. The van der Waals surface area contributed by atoms with Crippen molar-refractivity contribution in [2.24, 2.45) is 0 Å². The van der Waals surface area contributed by atoms with Crippen molar-refractivity contribution in [3.63, 3.8) is 0 Å². The molecule has 22 nitrogen and oxygen atoms in total. The first-order valence-corrected chi connectivity index (χ1v) is 38.7. The molecule has 0 fully saturated rings. The van der Waals surface area contributed by atoms with E-state index in [1.165, 1.54) is 98.0 Å². The van der Waals surface area contributed by atoms with E-state index in [9.17, 15) is 9.59 Å². The largest absolute Gasteiger partial charge is 0.508 e. The van der Waals surface area contributed by atoms with Gasteiger partial charge in [0.25, 0.3) is 0 Å². The van der Waals surface area contributed by atoms with Gasteiger partial charge in [-0.25, -0.2) is 0 Å². The van der Waals surface area contributed by atoms with E-state index in [2.05, 4.69) is 172 Å². The molecule has 0 radical (unpaired) electrons. The molecule has 0 bridgehead atoms. The number of rotatable bonds is 25. The highest BCUT2D eigenvalue weighted by molar-refractivity contribution is 7.85. The van der Waals surface area contributed by atoms with Crippen molar-refractivity contribution in [3.8, 4) is 40.2 Å². The van der Waals surface area contributed by atoms with Gasteiger partial charge in [0.2, 0.25) is 0 Å². The van der Waals surface area contributed by atoms with Crippen molar-refractivity contribution in [2.75, 3.05) is 112 Å². The highest BCUT2D eigenvalue weighted by Gasteiger charge is 2.03. The van der Waals surface area contributed by atoms with E-state index in [1.54, 1.807) is 42.5 Å². The molecule has 0 aliphatic heterocycles. The number of hydrogen-bond acceptors (Lipinski definition) is 34. The van der Waals surface area contributed by atoms with Gasteiger partial charge in [0.1, 0.15) is 52.8 Å². The molecule has 0 saturated carbocycles. The number of carbonyl (C=O) groups excluding carboxylic acids is 2. The number of H-pyrrole nitrogens is 2. The van der Waals surface area contributed by atoms with E-state index < -0.39 is 28.9 Å². The van der Waals surface area contributed by atoms with E-state index in [0.29, 0.717) is 51.6 Å². The first-order valence-electron chi connectivity index (χ1n) is 30.6. The Kier molecular flexibility index (Phi) is 107. The summed E-state index contributed by atoms with van der Waals surface area (Å²) in [7, 11) is 0. The third-order valence-electron chi connectivity index (χ3n) is 9.15. The minimum Gasteiger partial charge on any atom is -0.508 e. The minimum absolute atomic E-state index is 0.0283. The maximum atomic E-state index is 10.5. The molecule has 36 heteroatoms. The molecule has 101 heavy (non-hydrogen) atoms. The van der Waals surface area contributed by atoms with Crippen LogP contribution in [-0.4, -0.2) is 223 Å². The topological polar surface area (TPSA) is 386 Å². The van der Waals surface area contributed by atoms with Crippen molar-refractivity contribution in [1.82, 2.24) is 10.2 Å². The SMILES string of the molecule is CCCCCCC.O=C(CS)OCCOC(=O)CS.OC(S)C(O)S.OCC(O)CS.OCCCCCO.OCCS.Oc1ccc(O)cc1.Oc1cccc(O)c1.Oc1ccccc1.Oc1ccccc1O.S=c1[nH][nH]c(=S)s1.SCCOCCOCCS.SCCS.Sc1ccccc1. The lowest BCUT2D eigenvalue weighted by Crippen LogP contribution is -2.14. The van der Waals surface area contributed by atoms with Gasteiger partial charge in [0.15, 0.2) is 19.4 Å². The Hall–Kier alpha value is -2.87. The number of benzene rings is 5. The van der Waals surface area contributed by atoms with Gasteiger partial charge in [-0.1, -0.05) is 112 Å². The second kappa shape index (κ2) is 95.1. The van der Waals surface area contributed by atoms with Gasteiger partial charge in [-0.05, 0) is 128 Å². The van der Waals surface area contributed by atoms with E-state index in [4.69, 9.17) is 105 Å². The van der Waals surface area contributed by atoms with E-state index in [-0.39, 0.29) is 85.6 Å². The molecule has 3 unspecified atom stereocenters. The highest BCUT2D eigenvalue weighted by atomic mass is 32.2. The summed E-state index contributed by atoms with van der Waals surface area (Å²) in [5.74, 6) is 4.08. The molecule has 0 amide bonds. The summed E-state index contributed by atoms with van der Waals surface area (Å²) in [5, 5.41) is 123. The minimum atomic E-state index is -1.03. The molecule has 0 saturated heterocycles. The maximum absolute atomic E-state index is 10.5. The molecule has 1 aromatic heterocycles. The molecule has 584 valence electrons. The van der Waals surface area contributed by atoms with E-state index in [0.717, 1.165) is 47.2 Å². The van der Waals surface area contributed by atoms with Gasteiger partial charge in [-0.15, -0.1) is 37.9 Å². The first-order chi connectivity index (χ1) is 48.2. The van der Waals surface area contributed by atoms with Crippen molar-refractivity contribution >= 4 is 187 Å². The number of phenols is 7. The Morgan fingerprint density at radius 2 is 0.772 bits per heavy atom. The van der Waals surface area contributed by atoms with Gasteiger partial charge in [-0.3, -0.25) is 19.8 Å². The predicted octanol–water partition coefficient (Wildman–Crippen LogP) is 12.0. The summed E-state index contributed by atoms with van der Waals surface area (Å²) in [5.41, 5.74) is -2.07. The van der Waals surface area contributed by atoms with Crippen LogP contribution >= 0.6 is 175 Å². The van der Waals surface area contributed by atoms with Gasteiger partial charge in [0.05, 0.1) is 57.3 Å². The van der Waals surface area contributed by atoms with E-state index in [1.807, 2.05) is 36.4 Å². The Balaban J connectivity index is -0.000000155. The molecule has 0 aliphatic rings. The second-order valence-corrected chi connectivity index (χ2v) is 25.0. The molecule has 16 N–H and O–H groups in total. The van der Waals surface area contributed by atoms with Crippen LogP contribution in [0, 0.1) is 7.91 Å². The Bertz CT molecular complexity index is 2500. The Morgan fingerprint density at radius 1 is 0.436 bits per heavy atom. The van der Waals surface area contributed by atoms with Crippen molar-refractivity contribution in [1.29, 1.82) is 0 Å². The van der Waals surface area contributed by atoms with Gasteiger partial charge in [0, 0.05) is 47.2 Å². The van der Waals surface area contributed by atoms with Crippen LogP contribution in [0.25, 0.3) is 0 Å². The monoisotopic (exact) mass is 1690 g/mol. The third-order valence-corrected chi connectivity index (χ3v) is 13.8. The summed E-state index contributed by atoms with van der Waals surface area (Å²) in [6, 6.07) is 36.2. The fourth-order valence-corrected chi connectivity index (χ4v) is 6.35. The number of hydrogen-bond donors (Lipinski definition) is 27. The quantitative estimate of drug-likeness (QED) is 0.00481. The summed E-state index contributed by atoms with van der Waals surface area (Å²) >= 11 is 52.1. The number of ether oxygens (including phenoxy) is 4. The zero-order chi connectivity index (χ0) is 78.6. The number of aromatic hydroxyl groups is 7. The maximum Gasteiger partial charge on any atom is 0.315 e. The van der Waals surface area contributed by atoms with Crippen LogP contribution in [0.2, 0.25) is 0 Å². The summed E-state index contributed by atoms with van der Waals surface area (Å²) in [4.78, 5) is 22.0. The number of aliphatic hydroxyl groups is 7. The van der Waals surface area contributed by atoms with Crippen molar-refractivity contribution < 1.29 is 100 Å². The molecular weight excluding hydrogens is 1580 g/mol. The number of aliphatic hydroxyl groups excluding tert-OH is 7. The van der Waals surface area contributed by atoms with Crippen molar-refractivity contribution in [2.45, 2.75) is 87.1 Å². The second-order valence-electron chi connectivity index (χ2n) is 17.9. The lowest BCUT2D eigenvalue weighted by Gasteiger charge is -2.03. The molecule has 3 atom stereocenters. The highest BCUT2D eigenvalue weighted by Crippen LogP contribution is 2.21. The molecule has 6 aromatic rings. The zero-order valence-electron chi connectivity index (χ0n) is 56.7. The molecule has 0 spiro atoms. The lowest BCUT2D eigenvalue weighted by atomic mass is 10.2. The number of para-hydroxylation sites is 3. The van der Waals surface area contributed by atoms with E-state index >= 15 is 0 Å². The van der Waals surface area contributed by atoms with Crippen LogP contribution in [0.5, 0.6) is 40.2 Å². The van der Waals surface area contributed by atoms with Crippen LogP contribution in [0.3, 0.4) is 0 Å². The summed E-state index contributed by atoms with van der Waals surface area (Å²) in [6.45, 7) is 7.85. The fourth-order valence-electron chi connectivity index (χ4n) is 4.49. The molecular formula is C65H110N2O20S14. The average molecular weight is 1690 g/mol. The summed E-state index contributed by atoms with van der Waals surface area (Å²) in [6.07, 6.45) is 8.94. The fraction of sp³-hybridized carbons (Fsp3) is 0.477. The molecule has 0 aliphatic carbocycles. The number of carbonyl (C=O) groups is 2. The van der Waals surface area contributed by atoms with Crippen LogP contribution < -0.4 is 0 Å². The van der Waals surface area contributed by atoms with Crippen molar-refractivity contribution in [3.05, 3.63) is 141 Å². The molecule has 1 heterocycles. The van der Waals surface area contributed by atoms with Gasteiger partial charge < -0.3 is 90.4 Å². The number of esters is 2. The van der Waals surface area contributed by atoms with Crippen LogP contribution in [0.15, 0.2) is 138 Å². The normalized spacial score (nSPS) is 10.0. The third kappa shape index (κ3) is 111. The number of aromatic nitrogens is 2. The van der Waals surface area contributed by atoms with Crippen LogP contribution in [0.4, 0.5) is 0 Å². The lowest BCUT2D eigenvalue weighted by molar-refractivity contribution is -0.148. The number of phenolic OH excluding ortho intramolecular Hbond substituents is 7. The number of thiol groups is 11. The molecule has 6 rings (SSSR count). The summed E-state index contributed by atoms with van der Waals surface area (Å²) < 4.78 is 20.7. The first kappa shape index (κ1) is 114. The smallest absolute Gasteiger partial charge is 0.315 e. The average Bonchev–Trinajstić information content (AvgIpc) is 1.90.